The third-order valence-corrected chi connectivity index (χ3v) is 5.40. The quantitative estimate of drug-likeness (QED) is 0.292. The topological polar surface area (TPSA) is 88.7 Å². The zero-order chi connectivity index (χ0) is 24.3. The number of rotatable bonds is 5. The molecule has 2 aromatic rings. The van der Waals surface area contributed by atoms with Crippen LogP contribution in [0, 0.1) is 10.1 Å². The van der Waals surface area contributed by atoms with E-state index in [1.165, 1.54) is 18.2 Å². The minimum Gasteiger partial charge on any atom is -0.362 e. The smallest absolute Gasteiger partial charge is 0.362 e. The fraction of sp³-hybridized carbons (Fsp3) is 0.364. The molecule has 1 aliphatic heterocycles. The number of pyridine rings is 1. The summed E-state index contributed by atoms with van der Waals surface area (Å²) in [6, 6.07) is 5.82. The summed E-state index contributed by atoms with van der Waals surface area (Å²) >= 11 is 0. The number of halogens is 3. The highest BCUT2D eigenvalue weighted by Gasteiger charge is 2.35. The van der Waals surface area contributed by atoms with Gasteiger partial charge in [0.25, 0.3) is 0 Å². The number of carbonyl (C=O) groups excluding carboxylic acids is 1. The number of carbonyl (C=O) groups is 1. The fourth-order valence-corrected chi connectivity index (χ4v) is 3.89. The molecule has 1 fully saturated rings. The van der Waals surface area contributed by atoms with Gasteiger partial charge >= 0.3 is 17.4 Å². The minimum atomic E-state index is -4.73. The molecule has 1 saturated heterocycles. The molecular formula is C22H23F3N4O4. The van der Waals surface area contributed by atoms with Crippen LogP contribution >= 0.6 is 0 Å². The van der Waals surface area contributed by atoms with Gasteiger partial charge < -0.3 is 9.80 Å². The Morgan fingerprint density at radius 3 is 2.39 bits per heavy atom. The average Bonchev–Trinajstić information content (AvgIpc) is 2.77. The molecule has 0 atom stereocenters. The maximum atomic E-state index is 13.1. The van der Waals surface area contributed by atoms with Crippen LogP contribution in [0.1, 0.15) is 13.8 Å². The van der Waals surface area contributed by atoms with E-state index >= 15 is 0 Å². The first-order valence-electron chi connectivity index (χ1n) is 10.3. The maximum absolute atomic E-state index is 13.1. The normalized spacial score (nSPS) is 15.5. The van der Waals surface area contributed by atoms with Crippen molar-refractivity contribution in [2.45, 2.75) is 26.6 Å². The zero-order valence-corrected chi connectivity index (χ0v) is 18.1. The van der Waals surface area contributed by atoms with Crippen LogP contribution in [-0.2, 0) is 11.3 Å². The van der Waals surface area contributed by atoms with Crippen LogP contribution in [0.25, 0.3) is 10.9 Å². The van der Waals surface area contributed by atoms with Crippen molar-refractivity contribution >= 4 is 28.2 Å². The van der Waals surface area contributed by atoms with E-state index in [0.29, 0.717) is 10.1 Å². The van der Waals surface area contributed by atoms with E-state index in [2.05, 4.69) is 0 Å². The van der Waals surface area contributed by atoms with Gasteiger partial charge in [0.15, 0.2) is 0 Å². The molecule has 0 radical (unpaired) electrons. The van der Waals surface area contributed by atoms with Crippen molar-refractivity contribution in [1.29, 1.82) is 0 Å². The maximum Gasteiger partial charge on any atom is 0.406 e. The lowest BCUT2D eigenvalue weighted by Gasteiger charge is -2.36. The molecule has 1 aromatic heterocycles. The van der Waals surface area contributed by atoms with Crippen molar-refractivity contribution in [3.05, 3.63) is 68.5 Å². The molecule has 1 aromatic carbocycles. The van der Waals surface area contributed by atoms with Crippen LogP contribution in [0.5, 0.6) is 0 Å². The summed E-state index contributed by atoms with van der Waals surface area (Å²) in [5.41, 5.74) is -1.74. The van der Waals surface area contributed by atoms with Gasteiger partial charge in [-0.2, -0.15) is 13.2 Å². The predicted octanol–water partition coefficient (Wildman–Crippen LogP) is 3.64. The molecule has 0 unspecified atom stereocenters. The van der Waals surface area contributed by atoms with Crippen LogP contribution in [0.2, 0.25) is 0 Å². The lowest BCUT2D eigenvalue weighted by atomic mass is 10.1. The van der Waals surface area contributed by atoms with Crippen molar-refractivity contribution in [2.75, 3.05) is 31.1 Å². The van der Waals surface area contributed by atoms with Crippen molar-refractivity contribution in [2.24, 2.45) is 0 Å². The first-order valence-corrected chi connectivity index (χ1v) is 10.3. The highest BCUT2D eigenvalue weighted by atomic mass is 19.4. The highest BCUT2D eigenvalue weighted by Crippen LogP contribution is 2.35. The molecule has 0 saturated carbocycles. The highest BCUT2D eigenvalue weighted by molar-refractivity contribution is 5.97. The molecule has 8 nitrogen and oxygen atoms in total. The second-order valence-corrected chi connectivity index (χ2v) is 7.63. The van der Waals surface area contributed by atoms with Gasteiger partial charge in [-0.25, -0.2) is 0 Å². The second kappa shape index (κ2) is 9.47. The molecule has 11 heteroatoms. The SMILES string of the molecule is C/C=C\C=C(/C)C(=O)N1CCN(c2c([N+](=O)[O-])c(=O)n(CC(F)(F)F)c3ccccc23)CC1. The summed E-state index contributed by atoms with van der Waals surface area (Å²) in [7, 11) is 0. The molecule has 0 aliphatic carbocycles. The van der Waals surface area contributed by atoms with Gasteiger partial charge in [0.05, 0.1) is 10.4 Å². The summed E-state index contributed by atoms with van der Waals surface area (Å²) < 4.78 is 39.7. The monoisotopic (exact) mass is 464 g/mol. The van der Waals surface area contributed by atoms with Gasteiger partial charge in [-0.15, -0.1) is 0 Å². The minimum absolute atomic E-state index is 0.0210. The zero-order valence-electron chi connectivity index (χ0n) is 18.1. The van der Waals surface area contributed by atoms with Gasteiger partial charge in [0.2, 0.25) is 5.91 Å². The second-order valence-electron chi connectivity index (χ2n) is 7.63. The predicted molar refractivity (Wildman–Crippen MR) is 118 cm³/mol. The van der Waals surface area contributed by atoms with Crippen molar-refractivity contribution in [3.63, 3.8) is 0 Å². The molecule has 0 spiro atoms. The van der Waals surface area contributed by atoms with Gasteiger partial charge in [-0.05, 0) is 19.9 Å². The van der Waals surface area contributed by atoms with E-state index in [0.717, 1.165) is 0 Å². The molecule has 1 amide bonds. The Labute approximate surface area is 187 Å². The van der Waals surface area contributed by atoms with Crippen LogP contribution in [-0.4, -0.2) is 52.7 Å². The fourth-order valence-electron chi connectivity index (χ4n) is 3.89. The number of para-hydroxylation sites is 1. The Bertz CT molecular complexity index is 1190. The number of nitro groups is 1. The van der Waals surface area contributed by atoms with E-state index in [4.69, 9.17) is 0 Å². The lowest BCUT2D eigenvalue weighted by molar-refractivity contribution is -0.385. The molecular weight excluding hydrogens is 441 g/mol. The number of alkyl halides is 3. The molecule has 3 rings (SSSR count). The van der Waals surface area contributed by atoms with E-state index in [-0.39, 0.29) is 48.7 Å². The molecule has 2 heterocycles. The summed E-state index contributed by atoms with van der Waals surface area (Å²) in [5.74, 6) is -0.173. The summed E-state index contributed by atoms with van der Waals surface area (Å²) in [6.45, 7) is 2.76. The summed E-state index contributed by atoms with van der Waals surface area (Å²) in [6.07, 6.45) is 0.495. The largest absolute Gasteiger partial charge is 0.406 e. The Balaban J connectivity index is 2.04. The number of hydrogen-bond donors (Lipinski definition) is 0. The van der Waals surface area contributed by atoms with Crippen molar-refractivity contribution in [1.82, 2.24) is 9.47 Å². The van der Waals surface area contributed by atoms with Crippen molar-refractivity contribution < 1.29 is 22.9 Å². The standard InChI is InChI=1S/C22H23F3N4O4/c1-3-4-7-15(2)20(30)27-12-10-26(11-13-27)18-16-8-5-6-9-17(16)28(14-22(23,24)25)21(31)19(18)29(32)33/h3-9H,10-14H2,1-2H3/b4-3-,15-7+. The van der Waals surface area contributed by atoms with E-state index < -0.39 is 28.9 Å². The number of benzene rings is 1. The molecule has 33 heavy (non-hydrogen) atoms. The van der Waals surface area contributed by atoms with Gasteiger partial charge in [-0.3, -0.25) is 24.3 Å². The Hall–Kier alpha value is -3.63. The molecule has 176 valence electrons. The Morgan fingerprint density at radius 1 is 1.18 bits per heavy atom. The first kappa shape index (κ1) is 24.0. The van der Waals surface area contributed by atoms with Gasteiger partial charge in [0.1, 0.15) is 12.2 Å². The third kappa shape index (κ3) is 5.07. The first-order chi connectivity index (χ1) is 15.5. The number of anilines is 1. The van der Waals surface area contributed by atoms with Gasteiger partial charge in [0, 0.05) is 37.1 Å². The van der Waals surface area contributed by atoms with Crippen LogP contribution in [0.15, 0.2) is 52.9 Å². The van der Waals surface area contributed by atoms with Crippen LogP contribution in [0.3, 0.4) is 0 Å². The number of amides is 1. The number of hydrogen-bond acceptors (Lipinski definition) is 5. The molecule has 0 bridgehead atoms. The Morgan fingerprint density at radius 2 is 1.82 bits per heavy atom. The van der Waals surface area contributed by atoms with Gasteiger partial charge in [-0.1, -0.05) is 36.4 Å². The molecule has 0 N–H and O–H groups in total. The average molecular weight is 464 g/mol. The lowest BCUT2D eigenvalue weighted by Crippen LogP contribution is -2.49. The van der Waals surface area contributed by atoms with E-state index in [1.54, 1.807) is 41.0 Å². The van der Waals surface area contributed by atoms with Crippen LogP contribution < -0.4 is 10.5 Å². The number of piperazine rings is 1. The number of aromatic nitrogens is 1. The van der Waals surface area contributed by atoms with E-state index in [1.807, 2.05) is 6.92 Å². The number of fused-ring (bicyclic) bond motifs is 1. The number of allylic oxidation sites excluding steroid dienone is 3. The summed E-state index contributed by atoms with van der Waals surface area (Å²) in [5, 5.41) is 12.0. The molecule has 1 aliphatic rings. The third-order valence-electron chi connectivity index (χ3n) is 5.40. The summed E-state index contributed by atoms with van der Waals surface area (Å²) in [4.78, 5) is 39.5. The Kier molecular flexibility index (Phi) is 6.89. The van der Waals surface area contributed by atoms with Crippen molar-refractivity contribution in [3.8, 4) is 0 Å². The van der Waals surface area contributed by atoms with E-state index in [9.17, 15) is 32.9 Å². The van der Waals surface area contributed by atoms with Crippen LogP contribution in [0.4, 0.5) is 24.5 Å². The number of nitrogens with zero attached hydrogens (tertiary/aromatic N) is 4.